The van der Waals surface area contributed by atoms with Gasteiger partial charge in [-0.1, -0.05) is 18.2 Å². The maximum absolute atomic E-state index is 12.7. The van der Waals surface area contributed by atoms with Gasteiger partial charge in [0.2, 0.25) is 0 Å². The molecule has 0 spiro atoms. The second-order valence-corrected chi connectivity index (χ2v) is 5.97. The fraction of sp³-hybridized carbons (Fsp3) is 0.438. The minimum Gasteiger partial charge on any atom is -0.350 e. The Morgan fingerprint density at radius 3 is 3.05 bits per heavy atom. The van der Waals surface area contributed by atoms with Gasteiger partial charge in [-0.25, -0.2) is 0 Å². The van der Waals surface area contributed by atoms with E-state index in [0.717, 1.165) is 42.8 Å². The first-order chi connectivity index (χ1) is 9.74. The van der Waals surface area contributed by atoms with Crippen molar-refractivity contribution in [2.75, 3.05) is 20.1 Å². The topological polar surface area (TPSA) is 39.3 Å². The number of aromatic amines is 1. The number of benzene rings is 1. The maximum Gasteiger partial charge on any atom is 0.270 e. The summed E-state index contributed by atoms with van der Waals surface area (Å²) in [6.45, 7) is 3.02. The summed E-state index contributed by atoms with van der Waals surface area (Å²) >= 11 is 0. The van der Waals surface area contributed by atoms with Crippen molar-refractivity contribution in [1.29, 1.82) is 0 Å². The van der Waals surface area contributed by atoms with Crippen molar-refractivity contribution >= 4 is 16.8 Å². The number of hydrogen-bond acceptors (Lipinski definition) is 2. The predicted molar refractivity (Wildman–Crippen MR) is 78.7 cm³/mol. The summed E-state index contributed by atoms with van der Waals surface area (Å²) in [7, 11) is 1.94. The molecule has 1 saturated heterocycles. The van der Waals surface area contributed by atoms with Crippen molar-refractivity contribution in [2.45, 2.75) is 25.4 Å². The summed E-state index contributed by atoms with van der Waals surface area (Å²) in [5.41, 5.74) is 3.01. The van der Waals surface area contributed by atoms with Crippen molar-refractivity contribution in [2.24, 2.45) is 0 Å². The number of hydrogen-bond donors (Lipinski definition) is 1. The average molecular weight is 269 g/mol. The van der Waals surface area contributed by atoms with Crippen LogP contribution in [0.4, 0.5) is 0 Å². The third-order valence-corrected chi connectivity index (χ3v) is 4.76. The number of carbonyl (C=O) groups excluding carboxylic acids is 1. The van der Waals surface area contributed by atoms with E-state index < -0.39 is 0 Å². The van der Waals surface area contributed by atoms with Crippen LogP contribution in [0.1, 0.15) is 28.9 Å². The third-order valence-electron chi connectivity index (χ3n) is 4.76. The summed E-state index contributed by atoms with van der Waals surface area (Å²) in [5.74, 6) is 0.141. The Morgan fingerprint density at radius 2 is 2.15 bits per heavy atom. The van der Waals surface area contributed by atoms with Gasteiger partial charge in [-0.05, 0) is 25.5 Å². The molecule has 2 aromatic rings. The van der Waals surface area contributed by atoms with Crippen LogP contribution in [-0.2, 0) is 6.54 Å². The van der Waals surface area contributed by atoms with Crippen LogP contribution in [0.2, 0.25) is 0 Å². The van der Waals surface area contributed by atoms with Crippen LogP contribution in [0.5, 0.6) is 0 Å². The molecule has 2 aliphatic heterocycles. The lowest BCUT2D eigenvalue weighted by atomic mass is 9.99. The molecule has 104 valence electrons. The third kappa shape index (κ3) is 1.68. The van der Waals surface area contributed by atoms with E-state index in [1.807, 2.05) is 24.1 Å². The van der Waals surface area contributed by atoms with E-state index in [4.69, 9.17) is 0 Å². The number of nitrogens with one attached hydrogen (secondary N) is 1. The number of rotatable bonds is 0. The van der Waals surface area contributed by atoms with Gasteiger partial charge in [0.1, 0.15) is 5.69 Å². The number of para-hydroxylation sites is 1. The van der Waals surface area contributed by atoms with Crippen LogP contribution >= 0.6 is 0 Å². The molecule has 2 atom stereocenters. The van der Waals surface area contributed by atoms with E-state index in [1.54, 1.807) is 0 Å². The highest BCUT2D eigenvalue weighted by molar-refractivity contribution is 6.01. The lowest BCUT2D eigenvalue weighted by molar-refractivity contribution is 0.0571. The van der Waals surface area contributed by atoms with Gasteiger partial charge in [-0.2, -0.15) is 0 Å². The van der Waals surface area contributed by atoms with Gasteiger partial charge in [-0.15, -0.1) is 0 Å². The van der Waals surface area contributed by atoms with Crippen LogP contribution in [0, 0.1) is 0 Å². The highest BCUT2D eigenvalue weighted by Crippen LogP contribution is 2.29. The van der Waals surface area contributed by atoms with Crippen molar-refractivity contribution in [3.05, 3.63) is 35.5 Å². The summed E-state index contributed by atoms with van der Waals surface area (Å²) < 4.78 is 0. The Hall–Kier alpha value is -1.81. The van der Waals surface area contributed by atoms with E-state index >= 15 is 0 Å². The lowest BCUT2D eigenvalue weighted by Gasteiger charge is -2.39. The first-order valence-electron chi connectivity index (χ1n) is 7.33. The SMILES string of the molecule is CN1C(=O)c2[nH]c3ccccc3c2CN2CCC[C@H]1C2. The van der Waals surface area contributed by atoms with E-state index in [1.165, 1.54) is 11.8 Å². The number of aromatic nitrogens is 1. The number of likely N-dealkylation sites (N-methyl/N-ethyl adjacent to an activating group) is 1. The largest absolute Gasteiger partial charge is 0.350 e. The molecule has 1 unspecified atom stereocenters. The van der Waals surface area contributed by atoms with Gasteiger partial charge in [0.05, 0.1) is 0 Å². The molecule has 1 aromatic carbocycles. The van der Waals surface area contributed by atoms with Gasteiger partial charge >= 0.3 is 0 Å². The first kappa shape index (κ1) is 12.0. The molecule has 1 N–H and O–H groups in total. The number of nitrogens with zero attached hydrogens (tertiary/aromatic N) is 2. The summed E-state index contributed by atoms with van der Waals surface area (Å²) in [6.07, 6.45) is 2.30. The Morgan fingerprint density at radius 1 is 1.30 bits per heavy atom. The summed E-state index contributed by atoms with van der Waals surface area (Å²) in [6, 6.07) is 8.58. The second-order valence-electron chi connectivity index (χ2n) is 5.97. The minimum absolute atomic E-state index is 0.141. The highest BCUT2D eigenvalue weighted by atomic mass is 16.2. The number of H-pyrrole nitrogens is 1. The van der Waals surface area contributed by atoms with Crippen LogP contribution in [-0.4, -0.2) is 46.9 Å². The van der Waals surface area contributed by atoms with Gasteiger partial charge < -0.3 is 9.88 Å². The van der Waals surface area contributed by atoms with Gasteiger partial charge in [0.15, 0.2) is 0 Å². The molecule has 0 aliphatic carbocycles. The standard InChI is InChI=1S/C16H19N3O/c1-18-11-5-4-8-19(9-11)10-13-12-6-2-3-7-14(12)17-15(13)16(18)20/h2-3,6-7,11,17H,4-5,8-10H2,1H3/t11-/m0/s1. The normalized spacial score (nSPS) is 26.2. The molecule has 4 heteroatoms. The molecular weight excluding hydrogens is 250 g/mol. The fourth-order valence-corrected chi connectivity index (χ4v) is 3.60. The zero-order chi connectivity index (χ0) is 13.7. The quantitative estimate of drug-likeness (QED) is 0.796. The monoisotopic (exact) mass is 269 g/mol. The maximum atomic E-state index is 12.7. The van der Waals surface area contributed by atoms with Crippen molar-refractivity contribution in [3.63, 3.8) is 0 Å². The van der Waals surface area contributed by atoms with E-state index in [0.29, 0.717) is 6.04 Å². The molecule has 1 aromatic heterocycles. The molecule has 20 heavy (non-hydrogen) atoms. The molecule has 1 amide bonds. The molecular formula is C16H19N3O. The molecule has 0 saturated carbocycles. The summed E-state index contributed by atoms with van der Waals surface area (Å²) in [5, 5.41) is 1.19. The Kier molecular flexibility index (Phi) is 2.60. The average Bonchev–Trinajstić information content (AvgIpc) is 2.84. The fourth-order valence-electron chi connectivity index (χ4n) is 3.60. The molecule has 3 heterocycles. The number of fused-ring (bicyclic) bond motifs is 5. The highest BCUT2D eigenvalue weighted by Gasteiger charge is 2.32. The second kappa shape index (κ2) is 4.35. The Bertz CT molecular complexity index is 675. The zero-order valence-corrected chi connectivity index (χ0v) is 11.7. The number of piperidine rings is 1. The van der Waals surface area contributed by atoms with Crippen LogP contribution in [0.15, 0.2) is 24.3 Å². The molecule has 1 fully saturated rings. The van der Waals surface area contributed by atoms with Gasteiger partial charge in [0, 0.05) is 42.6 Å². The van der Waals surface area contributed by atoms with Gasteiger partial charge in [0.25, 0.3) is 5.91 Å². The van der Waals surface area contributed by atoms with Crippen LogP contribution < -0.4 is 0 Å². The lowest BCUT2D eigenvalue weighted by Crippen LogP contribution is -2.50. The molecule has 2 aliphatic rings. The van der Waals surface area contributed by atoms with Gasteiger partial charge in [-0.3, -0.25) is 9.69 Å². The van der Waals surface area contributed by atoms with Crippen LogP contribution in [0.25, 0.3) is 10.9 Å². The molecule has 4 nitrogen and oxygen atoms in total. The molecule has 0 radical (unpaired) electrons. The predicted octanol–water partition coefficient (Wildman–Crippen LogP) is 2.22. The molecule has 4 rings (SSSR count). The summed E-state index contributed by atoms with van der Waals surface area (Å²) in [4.78, 5) is 20.5. The van der Waals surface area contributed by atoms with Crippen molar-refractivity contribution in [1.82, 2.24) is 14.8 Å². The van der Waals surface area contributed by atoms with Crippen molar-refractivity contribution < 1.29 is 4.79 Å². The zero-order valence-electron chi connectivity index (χ0n) is 11.7. The van der Waals surface area contributed by atoms with E-state index in [-0.39, 0.29) is 5.91 Å². The van der Waals surface area contributed by atoms with Crippen molar-refractivity contribution in [3.8, 4) is 0 Å². The van der Waals surface area contributed by atoms with E-state index in [2.05, 4.69) is 22.0 Å². The minimum atomic E-state index is 0.141. The molecule has 2 bridgehead atoms. The van der Waals surface area contributed by atoms with E-state index in [9.17, 15) is 4.79 Å². The Balaban J connectivity index is 1.91. The van der Waals surface area contributed by atoms with Crippen LogP contribution in [0.3, 0.4) is 0 Å². The number of amides is 1. The smallest absolute Gasteiger partial charge is 0.270 e. The Labute approximate surface area is 118 Å². The number of carbonyl (C=O) groups is 1. The first-order valence-corrected chi connectivity index (χ1v) is 7.33.